The van der Waals surface area contributed by atoms with Crippen LogP contribution in [-0.4, -0.2) is 11.1 Å². The smallest absolute Gasteiger partial charge is 0.303 e. The first-order valence-corrected chi connectivity index (χ1v) is 5.68. The van der Waals surface area contributed by atoms with Gasteiger partial charge in [0.2, 0.25) is 0 Å². The fourth-order valence-corrected chi connectivity index (χ4v) is 1.51. The van der Waals surface area contributed by atoms with E-state index in [1.54, 1.807) is 12.1 Å². The van der Waals surface area contributed by atoms with Gasteiger partial charge in [-0.3, -0.25) is 4.79 Å². The lowest BCUT2D eigenvalue weighted by molar-refractivity contribution is -0.137. The number of benzene rings is 1. The Labute approximate surface area is 104 Å². The standard InChI is InChI=1S/C12H12Cl2O2/c13-10-7-6-9(8-11(10)14)4-2-1-3-5-12(15)16/h2,4,6-8H,1,3,5H2,(H,15,16)/b4-2+. The molecule has 0 aliphatic heterocycles. The molecular formula is C12H12Cl2O2. The third-order valence-corrected chi connectivity index (χ3v) is 2.75. The summed E-state index contributed by atoms with van der Waals surface area (Å²) < 4.78 is 0. The summed E-state index contributed by atoms with van der Waals surface area (Å²) in [5, 5.41) is 9.50. The van der Waals surface area contributed by atoms with E-state index in [-0.39, 0.29) is 6.42 Å². The molecule has 0 aromatic heterocycles. The zero-order valence-corrected chi connectivity index (χ0v) is 10.1. The van der Waals surface area contributed by atoms with Crippen LogP contribution in [0.4, 0.5) is 0 Å². The molecule has 86 valence electrons. The summed E-state index contributed by atoms with van der Waals surface area (Å²) in [6.07, 6.45) is 5.43. The quantitative estimate of drug-likeness (QED) is 0.802. The second-order valence-corrected chi connectivity index (χ2v) is 4.18. The Bertz CT molecular complexity index is 400. The lowest BCUT2D eigenvalue weighted by Gasteiger charge is -1.97. The molecular weight excluding hydrogens is 247 g/mol. The van der Waals surface area contributed by atoms with Crippen molar-refractivity contribution in [3.63, 3.8) is 0 Å². The van der Waals surface area contributed by atoms with Gasteiger partial charge in [-0.25, -0.2) is 0 Å². The molecule has 0 spiro atoms. The number of aliphatic carboxylic acids is 1. The molecule has 4 heteroatoms. The molecule has 0 amide bonds. The van der Waals surface area contributed by atoms with Crippen molar-refractivity contribution in [3.05, 3.63) is 39.9 Å². The molecule has 1 rings (SSSR count). The summed E-state index contributed by atoms with van der Waals surface area (Å²) in [5.74, 6) is -0.761. The molecule has 0 heterocycles. The van der Waals surface area contributed by atoms with E-state index in [0.717, 1.165) is 12.0 Å². The number of rotatable bonds is 5. The van der Waals surface area contributed by atoms with Gasteiger partial charge in [0, 0.05) is 6.42 Å². The van der Waals surface area contributed by atoms with Crippen LogP contribution < -0.4 is 0 Å². The maximum Gasteiger partial charge on any atom is 0.303 e. The van der Waals surface area contributed by atoms with Gasteiger partial charge in [0.1, 0.15) is 0 Å². The van der Waals surface area contributed by atoms with E-state index in [9.17, 15) is 4.79 Å². The topological polar surface area (TPSA) is 37.3 Å². The minimum Gasteiger partial charge on any atom is -0.481 e. The number of carboxylic acid groups (broad SMARTS) is 1. The summed E-state index contributed by atoms with van der Waals surface area (Å²) in [6, 6.07) is 5.38. The number of unbranched alkanes of at least 4 members (excludes halogenated alkanes) is 1. The minimum absolute atomic E-state index is 0.200. The molecule has 0 saturated carbocycles. The highest BCUT2D eigenvalue weighted by atomic mass is 35.5. The van der Waals surface area contributed by atoms with Gasteiger partial charge in [0.25, 0.3) is 0 Å². The summed E-state index contributed by atoms with van der Waals surface area (Å²) in [5.41, 5.74) is 0.963. The van der Waals surface area contributed by atoms with Gasteiger partial charge in [0.05, 0.1) is 10.0 Å². The second kappa shape index (κ2) is 6.56. The van der Waals surface area contributed by atoms with Crippen LogP contribution in [0.3, 0.4) is 0 Å². The van der Waals surface area contributed by atoms with Crippen molar-refractivity contribution in [2.45, 2.75) is 19.3 Å². The van der Waals surface area contributed by atoms with E-state index in [2.05, 4.69) is 0 Å². The lowest BCUT2D eigenvalue weighted by atomic mass is 10.1. The van der Waals surface area contributed by atoms with Gasteiger partial charge >= 0.3 is 5.97 Å². The molecule has 0 aliphatic rings. The Hall–Kier alpha value is -0.990. The summed E-state index contributed by atoms with van der Waals surface area (Å²) >= 11 is 11.6. The first-order valence-electron chi connectivity index (χ1n) is 4.93. The Morgan fingerprint density at radius 1 is 1.31 bits per heavy atom. The summed E-state index contributed by atoms with van der Waals surface area (Å²) in [4.78, 5) is 10.3. The van der Waals surface area contributed by atoms with Crippen LogP contribution >= 0.6 is 23.2 Å². The molecule has 0 atom stereocenters. The summed E-state index contributed by atoms with van der Waals surface area (Å²) in [6.45, 7) is 0. The van der Waals surface area contributed by atoms with Crippen molar-refractivity contribution in [1.29, 1.82) is 0 Å². The molecule has 1 aromatic rings. The van der Waals surface area contributed by atoms with Crippen molar-refractivity contribution in [2.24, 2.45) is 0 Å². The zero-order chi connectivity index (χ0) is 12.0. The van der Waals surface area contributed by atoms with Crippen molar-refractivity contribution in [2.75, 3.05) is 0 Å². The SMILES string of the molecule is O=C(O)CCC/C=C/c1ccc(Cl)c(Cl)c1. The Morgan fingerprint density at radius 3 is 2.69 bits per heavy atom. The van der Waals surface area contributed by atoms with Crippen LogP contribution in [0.25, 0.3) is 6.08 Å². The maximum absolute atomic E-state index is 10.3. The average Bonchev–Trinajstić information content (AvgIpc) is 2.22. The number of hydrogen-bond donors (Lipinski definition) is 1. The van der Waals surface area contributed by atoms with Crippen molar-refractivity contribution < 1.29 is 9.90 Å². The van der Waals surface area contributed by atoms with Crippen LogP contribution in [0.2, 0.25) is 10.0 Å². The molecule has 1 aromatic carbocycles. The molecule has 0 unspecified atom stereocenters. The first kappa shape index (κ1) is 13.1. The normalized spacial score (nSPS) is 10.9. The van der Waals surface area contributed by atoms with E-state index >= 15 is 0 Å². The zero-order valence-electron chi connectivity index (χ0n) is 8.62. The predicted octanol–water partition coefficient (Wildman–Crippen LogP) is 4.26. The van der Waals surface area contributed by atoms with E-state index in [0.29, 0.717) is 16.5 Å². The summed E-state index contributed by atoms with van der Waals surface area (Å²) in [7, 11) is 0. The van der Waals surface area contributed by atoms with Crippen molar-refractivity contribution in [3.8, 4) is 0 Å². The molecule has 0 aliphatic carbocycles. The molecule has 0 bridgehead atoms. The minimum atomic E-state index is -0.761. The predicted molar refractivity (Wildman–Crippen MR) is 67.0 cm³/mol. The van der Waals surface area contributed by atoms with Gasteiger partial charge in [-0.1, -0.05) is 41.4 Å². The highest BCUT2D eigenvalue weighted by Gasteiger charge is 1.97. The largest absolute Gasteiger partial charge is 0.481 e. The monoisotopic (exact) mass is 258 g/mol. The number of allylic oxidation sites excluding steroid dienone is 1. The van der Waals surface area contributed by atoms with Gasteiger partial charge < -0.3 is 5.11 Å². The third-order valence-electron chi connectivity index (χ3n) is 2.02. The van der Waals surface area contributed by atoms with E-state index in [1.807, 2.05) is 18.2 Å². The van der Waals surface area contributed by atoms with Gasteiger partial charge in [-0.15, -0.1) is 0 Å². The van der Waals surface area contributed by atoms with Gasteiger partial charge in [-0.2, -0.15) is 0 Å². The van der Waals surface area contributed by atoms with Crippen molar-refractivity contribution in [1.82, 2.24) is 0 Å². The maximum atomic E-state index is 10.3. The van der Waals surface area contributed by atoms with E-state index in [1.165, 1.54) is 0 Å². The molecule has 1 N–H and O–H groups in total. The molecule has 2 nitrogen and oxygen atoms in total. The van der Waals surface area contributed by atoms with E-state index < -0.39 is 5.97 Å². The Kier molecular flexibility index (Phi) is 5.36. The third kappa shape index (κ3) is 4.69. The highest BCUT2D eigenvalue weighted by molar-refractivity contribution is 6.42. The Morgan fingerprint density at radius 2 is 2.06 bits per heavy atom. The van der Waals surface area contributed by atoms with Crippen LogP contribution in [-0.2, 0) is 4.79 Å². The molecule has 16 heavy (non-hydrogen) atoms. The van der Waals surface area contributed by atoms with Crippen LogP contribution in [0.1, 0.15) is 24.8 Å². The Balaban J connectivity index is 2.44. The lowest BCUT2D eigenvalue weighted by Crippen LogP contribution is -1.92. The average molecular weight is 259 g/mol. The number of carboxylic acids is 1. The molecule has 0 saturated heterocycles. The van der Waals surface area contributed by atoms with Crippen LogP contribution in [0, 0.1) is 0 Å². The van der Waals surface area contributed by atoms with Crippen LogP contribution in [0.15, 0.2) is 24.3 Å². The number of carbonyl (C=O) groups is 1. The highest BCUT2D eigenvalue weighted by Crippen LogP contribution is 2.23. The first-order chi connectivity index (χ1) is 7.59. The number of hydrogen-bond acceptors (Lipinski definition) is 1. The molecule has 0 fully saturated rings. The molecule has 0 radical (unpaired) electrons. The van der Waals surface area contributed by atoms with Gasteiger partial charge in [-0.05, 0) is 30.5 Å². The fraction of sp³-hybridized carbons (Fsp3) is 0.250. The second-order valence-electron chi connectivity index (χ2n) is 3.36. The fourth-order valence-electron chi connectivity index (χ4n) is 1.21. The van der Waals surface area contributed by atoms with Crippen molar-refractivity contribution >= 4 is 35.2 Å². The van der Waals surface area contributed by atoms with Gasteiger partial charge in [0.15, 0.2) is 0 Å². The van der Waals surface area contributed by atoms with E-state index in [4.69, 9.17) is 28.3 Å². The van der Waals surface area contributed by atoms with Crippen LogP contribution in [0.5, 0.6) is 0 Å². The number of halogens is 2.